The van der Waals surface area contributed by atoms with Crippen LogP contribution < -0.4 is 10.2 Å². The summed E-state index contributed by atoms with van der Waals surface area (Å²) in [6.07, 6.45) is -3.10. The Kier molecular flexibility index (Phi) is 8.02. The molecule has 1 N–H and O–H groups in total. The van der Waals surface area contributed by atoms with Gasteiger partial charge in [0.05, 0.1) is 5.92 Å². The molecule has 1 aliphatic heterocycles. The number of alkyl halides is 3. The van der Waals surface area contributed by atoms with Crippen molar-refractivity contribution in [1.82, 2.24) is 10.2 Å². The van der Waals surface area contributed by atoms with Crippen LogP contribution in [0.4, 0.5) is 27.6 Å². The highest BCUT2D eigenvalue weighted by atomic mass is 19.4. The summed E-state index contributed by atoms with van der Waals surface area (Å²) in [7, 11) is 0. The molecule has 2 aliphatic rings. The van der Waals surface area contributed by atoms with Crippen LogP contribution >= 0.6 is 0 Å². The number of hydrogen-bond acceptors (Lipinski definition) is 3. The summed E-state index contributed by atoms with van der Waals surface area (Å²) >= 11 is 0. The summed E-state index contributed by atoms with van der Waals surface area (Å²) < 4.78 is 70.0. The largest absolute Gasteiger partial charge is 0.406 e. The zero-order valence-corrected chi connectivity index (χ0v) is 22.5. The summed E-state index contributed by atoms with van der Waals surface area (Å²) in [6.45, 7) is 1.04. The van der Waals surface area contributed by atoms with E-state index in [1.807, 2.05) is 11.8 Å². The summed E-state index contributed by atoms with van der Waals surface area (Å²) in [6, 6.07) is 14.6. The Morgan fingerprint density at radius 3 is 2.44 bits per heavy atom. The third-order valence-corrected chi connectivity index (χ3v) is 7.64. The highest BCUT2D eigenvalue weighted by Crippen LogP contribution is 2.51. The van der Waals surface area contributed by atoms with Crippen LogP contribution in [0.15, 0.2) is 60.7 Å². The van der Waals surface area contributed by atoms with Gasteiger partial charge in [0.2, 0.25) is 5.91 Å². The zero-order valence-electron chi connectivity index (χ0n) is 22.5. The number of amides is 2. The van der Waals surface area contributed by atoms with Crippen molar-refractivity contribution >= 4 is 17.5 Å². The van der Waals surface area contributed by atoms with E-state index in [1.54, 1.807) is 30.3 Å². The Morgan fingerprint density at radius 1 is 1.00 bits per heavy atom. The van der Waals surface area contributed by atoms with E-state index in [0.717, 1.165) is 11.0 Å². The Bertz CT molecular complexity index is 1440. The minimum Gasteiger partial charge on any atom is -0.369 e. The van der Waals surface area contributed by atoms with Crippen LogP contribution in [0.3, 0.4) is 0 Å². The lowest BCUT2D eigenvalue weighted by Gasteiger charge is -2.30. The van der Waals surface area contributed by atoms with Gasteiger partial charge >= 0.3 is 6.18 Å². The fourth-order valence-corrected chi connectivity index (χ4v) is 5.79. The molecule has 2 amide bonds. The van der Waals surface area contributed by atoms with E-state index in [-0.39, 0.29) is 29.6 Å². The molecule has 1 fully saturated rings. The quantitative estimate of drug-likeness (QED) is 0.324. The molecule has 0 radical (unpaired) electrons. The number of fused-ring (bicyclic) bond motifs is 3. The minimum absolute atomic E-state index is 0.0922. The van der Waals surface area contributed by atoms with Gasteiger partial charge in [0.1, 0.15) is 18.2 Å². The average Bonchev–Trinajstić information content (AvgIpc) is 3.52. The monoisotopic (exact) mass is 571 g/mol. The fraction of sp³-hybridized carbons (Fsp3) is 0.355. The number of rotatable bonds is 8. The van der Waals surface area contributed by atoms with Crippen molar-refractivity contribution < 1.29 is 31.5 Å². The molecule has 0 saturated carbocycles. The highest BCUT2D eigenvalue weighted by molar-refractivity contribution is 5.99. The Morgan fingerprint density at radius 2 is 1.73 bits per heavy atom. The third kappa shape index (κ3) is 6.06. The first-order valence-corrected chi connectivity index (χ1v) is 13.7. The number of nitrogens with zero attached hydrogens (tertiary/aromatic N) is 2. The van der Waals surface area contributed by atoms with Gasteiger partial charge in [-0.3, -0.25) is 9.59 Å². The van der Waals surface area contributed by atoms with Gasteiger partial charge in [-0.2, -0.15) is 13.2 Å². The zero-order chi connectivity index (χ0) is 29.3. The second kappa shape index (κ2) is 11.5. The molecule has 0 aromatic heterocycles. The van der Waals surface area contributed by atoms with Crippen molar-refractivity contribution in [2.75, 3.05) is 31.1 Å². The van der Waals surface area contributed by atoms with Crippen LogP contribution in [-0.4, -0.2) is 55.1 Å². The normalized spacial score (nSPS) is 17.8. The molecule has 5 nitrogen and oxygen atoms in total. The molecular formula is C31H30F5N3O2. The Labute approximate surface area is 234 Å². The summed E-state index contributed by atoms with van der Waals surface area (Å²) in [5.74, 6) is -3.39. The number of carbonyl (C=O) groups is 2. The van der Waals surface area contributed by atoms with Crippen molar-refractivity contribution in [3.05, 3.63) is 89.0 Å². The van der Waals surface area contributed by atoms with Crippen molar-refractivity contribution in [2.24, 2.45) is 0 Å². The second-order valence-electron chi connectivity index (χ2n) is 10.6. The Hall–Kier alpha value is -3.95. The number of unbranched alkanes of at least 4 members (excludes halogenated alkanes) is 1. The van der Waals surface area contributed by atoms with E-state index >= 15 is 4.39 Å². The smallest absolute Gasteiger partial charge is 0.369 e. The lowest BCUT2D eigenvalue weighted by atomic mass is 9.93. The van der Waals surface area contributed by atoms with E-state index in [0.29, 0.717) is 54.7 Å². The van der Waals surface area contributed by atoms with Gasteiger partial charge in [-0.05, 0) is 65.9 Å². The van der Waals surface area contributed by atoms with Crippen LogP contribution in [-0.2, 0) is 4.79 Å². The molecule has 10 heteroatoms. The van der Waals surface area contributed by atoms with Crippen LogP contribution in [0, 0.1) is 11.6 Å². The maximum Gasteiger partial charge on any atom is 0.406 e. The molecule has 1 heterocycles. The summed E-state index contributed by atoms with van der Waals surface area (Å²) in [5.41, 5.74) is 2.12. The molecule has 2 unspecified atom stereocenters. The average molecular weight is 572 g/mol. The van der Waals surface area contributed by atoms with Gasteiger partial charge in [-0.15, -0.1) is 0 Å². The minimum atomic E-state index is -4.61. The standard InChI is InChI=1S/C31H30F5N3O2/c1-2-3-12-39(18-31(34,35)36)30(41)28-23-10-9-20(32)14-24(23)25-15-21(33)16-26(27(25)28)38-13-11-22(17-38)37-29(40)19-7-5-4-6-8-19/h4-10,14-16,22,28H,2-3,11-13,17-18H2,1H3,(H,37,40). The molecule has 1 aliphatic carbocycles. The predicted octanol–water partition coefficient (Wildman–Crippen LogP) is 6.28. The predicted molar refractivity (Wildman–Crippen MR) is 146 cm³/mol. The number of carbonyl (C=O) groups excluding carboxylic acids is 2. The van der Waals surface area contributed by atoms with Crippen LogP contribution in [0.5, 0.6) is 0 Å². The van der Waals surface area contributed by atoms with Crippen molar-refractivity contribution in [2.45, 2.75) is 44.3 Å². The molecule has 216 valence electrons. The molecule has 41 heavy (non-hydrogen) atoms. The summed E-state index contributed by atoms with van der Waals surface area (Å²) in [5, 5.41) is 2.98. The van der Waals surface area contributed by atoms with E-state index in [4.69, 9.17) is 0 Å². The number of halogens is 5. The molecule has 5 rings (SSSR count). The van der Waals surface area contributed by atoms with E-state index < -0.39 is 36.2 Å². The van der Waals surface area contributed by atoms with Gasteiger partial charge in [-0.1, -0.05) is 37.6 Å². The molecular weight excluding hydrogens is 541 g/mol. The maximum absolute atomic E-state index is 15.0. The molecule has 3 aromatic rings. The third-order valence-electron chi connectivity index (χ3n) is 7.64. The Balaban J connectivity index is 1.51. The molecule has 0 spiro atoms. The fourth-order valence-electron chi connectivity index (χ4n) is 5.79. The lowest BCUT2D eigenvalue weighted by molar-refractivity contribution is -0.161. The second-order valence-corrected chi connectivity index (χ2v) is 10.6. The number of anilines is 1. The van der Waals surface area contributed by atoms with Gasteiger partial charge in [0, 0.05) is 42.5 Å². The van der Waals surface area contributed by atoms with Gasteiger partial charge in [0.25, 0.3) is 5.91 Å². The highest BCUT2D eigenvalue weighted by Gasteiger charge is 2.43. The van der Waals surface area contributed by atoms with E-state index in [1.165, 1.54) is 24.3 Å². The number of nitrogens with one attached hydrogen (secondary N) is 1. The molecule has 2 atom stereocenters. The number of benzene rings is 3. The molecule has 1 saturated heterocycles. The van der Waals surface area contributed by atoms with Gasteiger partial charge in [-0.25, -0.2) is 8.78 Å². The lowest BCUT2D eigenvalue weighted by Crippen LogP contribution is -2.42. The van der Waals surface area contributed by atoms with Crippen molar-refractivity contribution in [3.63, 3.8) is 0 Å². The van der Waals surface area contributed by atoms with Crippen LogP contribution in [0.2, 0.25) is 0 Å². The van der Waals surface area contributed by atoms with Crippen molar-refractivity contribution in [1.29, 1.82) is 0 Å². The van der Waals surface area contributed by atoms with Gasteiger partial charge < -0.3 is 15.1 Å². The molecule has 0 bridgehead atoms. The van der Waals surface area contributed by atoms with E-state index in [9.17, 15) is 27.2 Å². The molecule has 3 aromatic carbocycles. The number of hydrogen-bond donors (Lipinski definition) is 1. The SMILES string of the molecule is CCCCN(CC(F)(F)F)C(=O)C1c2ccc(F)cc2-c2cc(F)cc(N3CCC(NC(=O)c4ccccc4)C3)c21. The maximum atomic E-state index is 15.0. The first-order valence-electron chi connectivity index (χ1n) is 13.7. The van der Waals surface area contributed by atoms with Crippen LogP contribution in [0.1, 0.15) is 53.6 Å². The van der Waals surface area contributed by atoms with Gasteiger partial charge in [0.15, 0.2) is 0 Å². The first-order chi connectivity index (χ1) is 19.6. The van der Waals surface area contributed by atoms with E-state index in [2.05, 4.69) is 5.32 Å². The van der Waals surface area contributed by atoms with Crippen molar-refractivity contribution in [3.8, 4) is 11.1 Å². The first kappa shape index (κ1) is 28.6. The van der Waals surface area contributed by atoms with Crippen LogP contribution in [0.25, 0.3) is 11.1 Å². The summed E-state index contributed by atoms with van der Waals surface area (Å²) in [4.78, 5) is 29.3. The topological polar surface area (TPSA) is 52.7 Å².